The van der Waals surface area contributed by atoms with E-state index >= 15 is 0 Å². The Kier molecular flexibility index (Phi) is 5.65. The molecule has 0 saturated carbocycles. The van der Waals surface area contributed by atoms with Gasteiger partial charge in [0.2, 0.25) is 0 Å². The smallest absolute Gasteiger partial charge is 0.387 e. The second-order valence-corrected chi connectivity index (χ2v) is 7.54. The number of thiophene rings is 1. The van der Waals surface area contributed by atoms with Crippen LogP contribution in [0.5, 0.6) is 5.75 Å². The minimum Gasteiger partial charge on any atom is -0.431 e. The fraction of sp³-hybridized carbons (Fsp3) is 0.167. The minimum absolute atomic E-state index is 0.0417. The van der Waals surface area contributed by atoms with Crippen LogP contribution in [-0.2, 0) is 6.54 Å². The number of benzene rings is 1. The van der Waals surface area contributed by atoms with Crippen LogP contribution in [0.1, 0.15) is 4.88 Å². The molecule has 1 heterocycles. The Morgan fingerprint density at radius 1 is 1.30 bits per heavy atom. The summed E-state index contributed by atoms with van der Waals surface area (Å²) in [5.41, 5.74) is 0.411. The van der Waals surface area contributed by atoms with Gasteiger partial charge in [0.1, 0.15) is 0 Å². The number of alkyl halides is 2. The fourth-order valence-electron chi connectivity index (χ4n) is 1.53. The van der Waals surface area contributed by atoms with E-state index in [-0.39, 0.29) is 5.75 Å². The molecule has 0 aliphatic carbocycles. The van der Waals surface area contributed by atoms with Crippen LogP contribution >= 0.6 is 54.8 Å². The van der Waals surface area contributed by atoms with Gasteiger partial charge < -0.3 is 10.1 Å². The van der Waals surface area contributed by atoms with Crippen molar-refractivity contribution in [2.75, 3.05) is 5.32 Å². The zero-order valence-electron chi connectivity index (χ0n) is 9.80. The molecule has 2 rings (SSSR count). The highest BCUT2D eigenvalue weighted by Gasteiger charge is 2.15. The molecule has 1 aromatic heterocycles. The average Bonchev–Trinajstić information content (AvgIpc) is 2.76. The van der Waals surface area contributed by atoms with Crippen LogP contribution in [-0.4, -0.2) is 6.61 Å². The number of halogens is 5. The third-order valence-corrected chi connectivity index (χ3v) is 4.73. The molecule has 0 fully saturated rings. The number of hydrogen-bond acceptors (Lipinski definition) is 3. The summed E-state index contributed by atoms with van der Waals surface area (Å²) in [6.07, 6.45) is 0. The Labute approximate surface area is 140 Å². The summed E-state index contributed by atoms with van der Waals surface area (Å²) in [6, 6.07) is 6.92. The first-order chi connectivity index (χ1) is 9.45. The summed E-state index contributed by atoms with van der Waals surface area (Å²) in [7, 11) is 0. The molecule has 108 valence electrons. The molecule has 0 saturated heterocycles. The first-order valence-corrected chi connectivity index (χ1v) is 8.15. The van der Waals surface area contributed by atoms with Crippen molar-refractivity contribution < 1.29 is 13.5 Å². The standard InChI is InChI=1S/C12H8Br2ClF2NOS/c13-8-3-6(15)4-9(11(8)19-12(16)17)18-5-7-1-2-10(14)20-7/h1-4,12,18H,5H2. The number of anilines is 1. The molecule has 0 radical (unpaired) electrons. The Morgan fingerprint density at radius 3 is 2.65 bits per heavy atom. The van der Waals surface area contributed by atoms with Gasteiger partial charge in [0.25, 0.3) is 0 Å². The SMILES string of the molecule is FC(F)Oc1c(Br)cc(Cl)cc1NCc1ccc(Br)s1. The molecule has 0 aliphatic heterocycles. The predicted molar refractivity (Wildman–Crippen MR) is 85.1 cm³/mol. The van der Waals surface area contributed by atoms with Gasteiger partial charge in [0.05, 0.1) is 13.9 Å². The molecule has 1 aromatic carbocycles. The largest absolute Gasteiger partial charge is 0.431 e. The van der Waals surface area contributed by atoms with Crippen molar-refractivity contribution in [2.24, 2.45) is 0 Å². The molecule has 20 heavy (non-hydrogen) atoms. The van der Waals surface area contributed by atoms with Crippen molar-refractivity contribution in [2.45, 2.75) is 13.2 Å². The van der Waals surface area contributed by atoms with E-state index < -0.39 is 6.61 Å². The molecule has 2 aromatic rings. The topological polar surface area (TPSA) is 21.3 Å². The van der Waals surface area contributed by atoms with Crippen molar-refractivity contribution in [3.8, 4) is 5.75 Å². The second kappa shape index (κ2) is 7.06. The van der Waals surface area contributed by atoms with Gasteiger partial charge in [-0.1, -0.05) is 11.6 Å². The quantitative estimate of drug-likeness (QED) is 0.595. The molecular formula is C12H8Br2ClF2NOS. The molecule has 0 amide bonds. The van der Waals surface area contributed by atoms with Crippen molar-refractivity contribution in [3.05, 3.63) is 42.4 Å². The van der Waals surface area contributed by atoms with Crippen molar-refractivity contribution in [1.82, 2.24) is 0 Å². The number of hydrogen-bond donors (Lipinski definition) is 1. The summed E-state index contributed by atoms with van der Waals surface area (Å²) in [5.74, 6) is 0.0417. The summed E-state index contributed by atoms with van der Waals surface area (Å²) in [5, 5.41) is 3.47. The Balaban J connectivity index is 2.20. The van der Waals surface area contributed by atoms with Crippen LogP contribution < -0.4 is 10.1 Å². The van der Waals surface area contributed by atoms with Crippen LogP contribution in [0.2, 0.25) is 5.02 Å². The maximum Gasteiger partial charge on any atom is 0.387 e. The van der Waals surface area contributed by atoms with Crippen LogP contribution in [0.4, 0.5) is 14.5 Å². The second-order valence-electron chi connectivity index (χ2n) is 3.70. The van der Waals surface area contributed by atoms with Gasteiger partial charge in [-0.05, 0) is 56.1 Å². The molecular weight excluding hydrogens is 439 g/mol. The number of ether oxygens (including phenoxy) is 1. The summed E-state index contributed by atoms with van der Waals surface area (Å²) >= 11 is 14.0. The summed E-state index contributed by atoms with van der Waals surface area (Å²) < 4.78 is 30.8. The third kappa shape index (κ3) is 4.31. The lowest BCUT2D eigenvalue weighted by Crippen LogP contribution is -2.07. The molecule has 0 atom stereocenters. The fourth-order valence-corrected chi connectivity index (χ4v) is 3.86. The normalized spacial score (nSPS) is 10.9. The molecule has 1 N–H and O–H groups in total. The molecule has 0 aliphatic rings. The third-order valence-electron chi connectivity index (χ3n) is 2.30. The number of nitrogens with one attached hydrogen (secondary N) is 1. The monoisotopic (exact) mass is 445 g/mol. The summed E-state index contributed by atoms with van der Waals surface area (Å²) in [4.78, 5) is 1.05. The lowest BCUT2D eigenvalue weighted by Gasteiger charge is -2.14. The van der Waals surface area contributed by atoms with E-state index in [4.69, 9.17) is 11.6 Å². The van der Waals surface area contributed by atoms with Crippen molar-refractivity contribution in [3.63, 3.8) is 0 Å². The summed E-state index contributed by atoms with van der Waals surface area (Å²) in [6.45, 7) is -2.41. The number of rotatable bonds is 5. The first-order valence-electron chi connectivity index (χ1n) is 5.37. The highest BCUT2D eigenvalue weighted by molar-refractivity contribution is 9.11. The van der Waals surface area contributed by atoms with Gasteiger partial charge in [-0.15, -0.1) is 11.3 Å². The average molecular weight is 448 g/mol. The molecule has 8 heteroatoms. The minimum atomic E-state index is -2.90. The van der Waals surface area contributed by atoms with E-state index in [9.17, 15) is 8.78 Å². The van der Waals surface area contributed by atoms with E-state index in [1.807, 2.05) is 12.1 Å². The Bertz CT molecular complexity index is 609. The van der Waals surface area contributed by atoms with Gasteiger partial charge in [0, 0.05) is 16.4 Å². The van der Waals surface area contributed by atoms with Gasteiger partial charge in [0.15, 0.2) is 5.75 Å². The zero-order chi connectivity index (χ0) is 14.7. The Hall–Kier alpha value is -0.370. The van der Waals surface area contributed by atoms with Crippen molar-refractivity contribution >= 4 is 60.5 Å². The lowest BCUT2D eigenvalue weighted by atomic mass is 10.3. The lowest BCUT2D eigenvalue weighted by molar-refractivity contribution is -0.0498. The van der Waals surface area contributed by atoms with E-state index in [0.29, 0.717) is 21.7 Å². The van der Waals surface area contributed by atoms with Crippen LogP contribution in [0.15, 0.2) is 32.5 Å². The van der Waals surface area contributed by atoms with Crippen LogP contribution in [0, 0.1) is 0 Å². The molecule has 0 unspecified atom stereocenters. The zero-order valence-corrected chi connectivity index (χ0v) is 14.5. The highest BCUT2D eigenvalue weighted by atomic mass is 79.9. The van der Waals surface area contributed by atoms with Gasteiger partial charge in [-0.3, -0.25) is 0 Å². The Morgan fingerprint density at radius 2 is 2.05 bits per heavy atom. The van der Waals surface area contributed by atoms with E-state index in [1.54, 1.807) is 17.4 Å². The predicted octanol–water partition coefficient (Wildman–Crippen LogP) is 6.14. The van der Waals surface area contributed by atoms with Gasteiger partial charge in [-0.25, -0.2) is 0 Å². The van der Waals surface area contributed by atoms with Gasteiger partial charge >= 0.3 is 6.61 Å². The molecule has 0 bridgehead atoms. The maximum absolute atomic E-state index is 12.4. The first kappa shape index (κ1) is 16.0. The van der Waals surface area contributed by atoms with E-state index in [0.717, 1.165) is 8.66 Å². The highest BCUT2D eigenvalue weighted by Crippen LogP contribution is 2.38. The van der Waals surface area contributed by atoms with Crippen molar-refractivity contribution in [1.29, 1.82) is 0 Å². The van der Waals surface area contributed by atoms with Gasteiger partial charge in [-0.2, -0.15) is 8.78 Å². The van der Waals surface area contributed by atoms with Crippen LogP contribution in [0.25, 0.3) is 0 Å². The van der Waals surface area contributed by atoms with Crippen LogP contribution in [0.3, 0.4) is 0 Å². The van der Waals surface area contributed by atoms with E-state index in [1.165, 1.54) is 6.07 Å². The van der Waals surface area contributed by atoms with E-state index in [2.05, 4.69) is 41.9 Å². The molecule has 0 spiro atoms. The molecule has 2 nitrogen and oxygen atoms in total. The maximum atomic E-state index is 12.4.